The van der Waals surface area contributed by atoms with Crippen LogP contribution < -0.4 is 5.73 Å². The average molecular weight is 940 g/mol. The molecule has 0 saturated heterocycles. The molecule has 65 heavy (non-hydrogen) atoms. The zero-order chi connectivity index (χ0) is 47.4. The van der Waals surface area contributed by atoms with Crippen LogP contribution in [0.15, 0.2) is 24.3 Å². The van der Waals surface area contributed by atoms with Gasteiger partial charge in [0.25, 0.3) is 0 Å². The number of carbonyl (C=O) groups is 2. The number of esters is 2. The molecule has 0 aliphatic rings. The Morgan fingerprint density at radius 2 is 0.815 bits per heavy atom. The summed E-state index contributed by atoms with van der Waals surface area (Å²) in [7, 11) is -4.38. The third kappa shape index (κ3) is 51.7. The highest BCUT2D eigenvalue weighted by Gasteiger charge is 2.26. The van der Waals surface area contributed by atoms with Crippen molar-refractivity contribution >= 4 is 19.8 Å². The van der Waals surface area contributed by atoms with E-state index in [0.717, 1.165) is 64.2 Å². The molecular weight excluding hydrogens is 834 g/mol. The third-order valence-electron chi connectivity index (χ3n) is 12.3. The van der Waals surface area contributed by atoms with Crippen molar-refractivity contribution in [3.05, 3.63) is 24.3 Å². The Morgan fingerprint density at radius 1 is 0.462 bits per heavy atom. The third-order valence-corrected chi connectivity index (χ3v) is 13.3. The maximum Gasteiger partial charge on any atom is 0.472 e. The van der Waals surface area contributed by atoms with E-state index in [-0.39, 0.29) is 38.6 Å². The summed E-state index contributed by atoms with van der Waals surface area (Å²) in [5, 5.41) is 0. The smallest absolute Gasteiger partial charge is 0.462 e. The first-order valence-corrected chi connectivity index (χ1v) is 29.3. The van der Waals surface area contributed by atoms with Crippen LogP contribution in [0.1, 0.15) is 284 Å². The average Bonchev–Trinajstić information content (AvgIpc) is 3.30. The normalized spacial score (nSPS) is 13.2. The highest BCUT2D eigenvalue weighted by molar-refractivity contribution is 7.47. The second-order valence-corrected chi connectivity index (χ2v) is 20.3. The van der Waals surface area contributed by atoms with Crippen LogP contribution in [0.25, 0.3) is 0 Å². The van der Waals surface area contributed by atoms with Gasteiger partial charge in [-0.05, 0) is 38.5 Å². The van der Waals surface area contributed by atoms with Crippen LogP contribution in [-0.4, -0.2) is 49.3 Å². The summed E-state index contributed by atoms with van der Waals surface area (Å²) in [5.74, 6) is -0.831. The van der Waals surface area contributed by atoms with Crippen LogP contribution in [0, 0.1) is 0 Å². The number of nitrogens with two attached hydrogens (primary N) is 1. The summed E-state index contributed by atoms with van der Waals surface area (Å²) in [5.41, 5.74) is 5.37. The fourth-order valence-corrected chi connectivity index (χ4v) is 8.95. The van der Waals surface area contributed by atoms with Crippen molar-refractivity contribution in [3.8, 4) is 0 Å². The molecular formula is C55H106NO8P. The number of allylic oxidation sites excluding steroid dienone is 4. The lowest BCUT2D eigenvalue weighted by atomic mass is 10.0. The number of phosphoric acid groups is 1. The van der Waals surface area contributed by atoms with Crippen LogP contribution in [0.3, 0.4) is 0 Å². The van der Waals surface area contributed by atoms with Gasteiger partial charge in [-0.1, -0.05) is 256 Å². The van der Waals surface area contributed by atoms with E-state index < -0.39 is 26.5 Å². The fourth-order valence-electron chi connectivity index (χ4n) is 8.18. The fraction of sp³-hybridized carbons (Fsp3) is 0.891. The molecule has 0 aromatic heterocycles. The number of rotatable bonds is 53. The van der Waals surface area contributed by atoms with E-state index >= 15 is 0 Å². The van der Waals surface area contributed by atoms with E-state index in [1.807, 2.05) is 0 Å². The molecule has 9 nitrogen and oxygen atoms in total. The molecule has 0 aliphatic heterocycles. The van der Waals surface area contributed by atoms with Gasteiger partial charge in [0.1, 0.15) is 6.61 Å². The highest BCUT2D eigenvalue weighted by Crippen LogP contribution is 2.43. The maximum absolute atomic E-state index is 12.6. The van der Waals surface area contributed by atoms with Gasteiger partial charge in [0, 0.05) is 19.4 Å². The molecule has 0 aliphatic carbocycles. The molecule has 0 saturated carbocycles. The van der Waals surface area contributed by atoms with Gasteiger partial charge in [-0.2, -0.15) is 0 Å². The van der Waals surface area contributed by atoms with Crippen LogP contribution in [-0.2, 0) is 32.7 Å². The Morgan fingerprint density at radius 3 is 1.22 bits per heavy atom. The Kier molecular flexibility index (Phi) is 50.7. The highest BCUT2D eigenvalue weighted by atomic mass is 31.2. The molecule has 10 heteroatoms. The summed E-state index contributed by atoms with van der Waals surface area (Å²) < 4.78 is 32.9. The molecule has 0 heterocycles. The minimum absolute atomic E-state index is 0.0527. The lowest BCUT2D eigenvalue weighted by Gasteiger charge is -2.19. The van der Waals surface area contributed by atoms with Gasteiger partial charge < -0.3 is 20.1 Å². The molecule has 0 radical (unpaired) electrons. The van der Waals surface area contributed by atoms with Gasteiger partial charge in [0.2, 0.25) is 0 Å². The summed E-state index contributed by atoms with van der Waals surface area (Å²) in [6.45, 7) is 3.72. The maximum atomic E-state index is 12.6. The van der Waals surface area contributed by atoms with E-state index in [2.05, 4.69) is 38.2 Å². The minimum atomic E-state index is -4.38. The number of ether oxygens (including phenoxy) is 2. The van der Waals surface area contributed by atoms with Crippen molar-refractivity contribution in [2.75, 3.05) is 26.4 Å². The monoisotopic (exact) mass is 940 g/mol. The summed E-state index contributed by atoms with van der Waals surface area (Å²) in [6.07, 6.45) is 59.7. The van der Waals surface area contributed by atoms with E-state index in [1.54, 1.807) is 0 Å². The van der Waals surface area contributed by atoms with E-state index in [4.69, 9.17) is 24.3 Å². The summed E-state index contributed by atoms with van der Waals surface area (Å²) in [6, 6.07) is 0. The second kappa shape index (κ2) is 51.9. The van der Waals surface area contributed by atoms with Crippen LogP contribution in [0.5, 0.6) is 0 Å². The van der Waals surface area contributed by atoms with Crippen LogP contribution >= 0.6 is 7.82 Å². The molecule has 0 amide bonds. The van der Waals surface area contributed by atoms with Crippen LogP contribution in [0.2, 0.25) is 0 Å². The van der Waals surface area contributed by atoms with Gasteiger partial charge in [-0.25, -0.2) is 4.57 Å². The molecule has 2 unspecified atom stereocenters. The molecule has 0 rings (SSSR count). The Balaban J connectivity index is 3.84. The number of hydrogen-bond donors (Lipinski definition) is 2. The number of hydrogen-bond acceptors (Lipinski definition) is 8. The number of phosphoric ester groups is 1. The van der Waals surface area contributed by atoms with Crippen molar-refractivity contribution in [3.63, 3.8) is 0 Å². The zero-order valence-corrected chi connectivity index (χ0v) is 43.6. The quantitative estimate of drug-likeness (QED) is 0.0264. The molecule has 3 N–H and O–H groups in total. The molecule has 0 fully saturated rings. The molecule has 2 atom stereocenters. The first kappa shape index (κ1) is 63.5. The Hall–Kier alpha value is -1.51. The van der Waals surface area contributed by atoms with E-state index in [9.17, 15) is 19.0 Å². The van der Waals surface area contributed by atoms with Gasteiger partial charge in [-0.15, -0.1) is 0 Å². The Labute approximate surface area is 402 Å². The molecule has 0 spiro atoms. The predicted octanol–water partition coefficient (Wildman–Crippen LogP) is 17.1. The van der Waals surface area contributed by atoms with Crippen LogP contribution in [0.4, 0.5) is 0 Å². The zero-order valence-electron chi connectivity index (χ0n) is 42.7. The van der Waals surface area contributed by atoms with Gasteiger partial charge >= 0.3 is 19.8 Å². The van der Waals surface area contributed by atoms with Gasteiger partial charge in [-0.3, -0.25) is 18.6 Å². The second-order valence-electron chi connectivity index (χ2n) is 18.8. The Bertz CT molecular complexity index is 1120. The summed E-state index contributed by atoms with van der Waals surface area (Å²) >= 11 is 0. The van der Waals surface area contributed by atoms with Gasteiger partial charge in [0.15, 0.2) is 6.10 Å². The van der Waals surface area contributed by atoms with E-state index in [0.29, 0.717) is 6.42 Å². The molecule has 0 aromatic rings. The lowest BCUT2D eigenvalue weighted by Crippen LogP contribution is -2.29. The van der Waals surface area contributed by atoms with Crippen molar-refractivity contribution in [1.82, 2.24) is 0 Å². The van der Waals surface area contributed by atoms with Crippen molar-refractivity contribution < 1.29 is 37.6 Å². The standard InChI is InChI=1S/C55H106NO8P/c1-3-5-7-9-11-13-15-17-19-20-21-22-23-24-25-26-27-28-29-30-31-32-33-34-36-37-39-41-43-45-47-54(57)61-51-53(52-63-65(59,60)62-50-49-56)64-55(58)48-46-44-42-40-38-35-18-16-14-12-10-8-6-4-2/h10,12,16,18,53H,3-9,11,13-15,17,19-52,56H2,1-2H3,(H,59,60)/b12-10-,18-16-. The topological polar surface area (TPSA) is 134 Å². The largest absolute Gasteiger partial charge is 0.472 e. The van der Waals surface area contributed by atoms with Crippen molar-refractivity contribution in [2.24, 2.45) is 5.73 Å². The summed E-state index contributed by atoms with van der Waals surface area (Å²) in [4.78, 5) is 35.0. The SMILES string of the molecule is CCCC/C=C\C/C=C\CCCCCCCC(=O)OC(COC(=O)CCCCCCCCCCCCCCCCCCCCCCCCCCCCCCCC)COP(=O)(O)OCCN. The molecule has 384 valence electrons. The molecule has 0 bridgehead atoms. The lowest BCUT2D eigenvalue weighted by molar-refractivity contribution is -0.161. The number of carbonyl (C=O) groups excluding carboxylic acids is 2. The first-order valence-electron chi connectivity index (χ1n) is 27.8. The predicted molar refractivity (Wildman–Crippen MR) is 275 cm³/mol. The van der Waals surface area contributed by atoms with E-state index in [1.165, 1.54) is 186 Å². The van der Waals surface area contributed by atoms with Crippen molar-refractivity contribution in [1.29, 1.82) is 0 Å². The number of unbranched alkanes of at least 4 members (excludes halogenated alkanes) is 36. The minimum Gasteiger partial charge on any atom is -0.462 e. The van der Waals surface area contributed by atoms with Crippen molar-refractivity contribution in [2.45, 2.75) is 290 Å². The molecule has 0 aromatic carbocycles. The first-order chi connectivity index (χ1) is 31.8. The van der Waals surface area contributed by atoms with Gasteiger partial charge in [0.05, 0.1) is 13.2 Å².